The van der Waals surface area contributed by atoms with Crippen molar-refractivity contribution in [1.82, 2.24) is 10.2 Å². The van der Waals surface area contributed by atoms with Gasteiger partial charge in [0.1, 0.15) is 5.82 Å². The van der Waals surface area contributed by atoms with E-state index in [1.165, 1.54) is 5.56 Å². The second-order valence-corrected chi connectivity index (χ2v) is 6.16. The lowest BCUT2D eigenvalue weighted by Gasteiger charge is -2.49. The normalized spacial score (nSPS) is 22.9. The monoisotopic (exact) mass is 278 g/mol. The van der Waals surface area contributed by atoms with Crippen LogP contribution >= 0.6 is 0 Å². The largest absolute Gasteiger partial charge is 0.311 e. The molecule has 0 aliphatic carbocycles. The Hall–Kier alpha value is -0.930. The van der Waals surface area contributed by atoms with Crippen molar-refractivity contribution >= 4 is 0 Å². The molecule has 0 bridgehead atoms. The molecule has 0 aromatic heterocycles. The van der Waals surface area contributed by atoms with E-state index in [0.29, 0.717) is 6.04 Å². The molecule has 1 heterocycles. The van der Waals surface area contributed by atoms with Gasteiger partial charge < -0.3 is 5.32 Å². The molecule has 1 aromatic rings. The van der Waals surface area contributed by atoms with Crippen molar-refractivity contribution in [3.05, 3.63) is 35.1 Å². The number of aryl methyl sites for hydroxylation is 1. The summed E-state index contributed by atoms with van der Waals surface area (Å²) in [6.07, 6.45) is 2.28. The fourth-order valence-corrected chi connectivity index (χ4v) is 3.29. The van der Waals surface area contributed by atoms with E-state index in [9.17, 15) is 4.39 Å². The molecule has 20 heavy (non-hydrogen) atoms. The lowest BCUT2D eigenvalue weighted by molar-refractivity contribution is 0.0277. The third kappa shape index (κ3) is 3.04. The first-order valence-corrected chi connectivity index (χ1v) is 7.74. The van der Waals surface area contributed by atoms with Crippen LogP contribution in [0.5, 0.6) is 0 Å². The van der Waals surface area contributed by atoms with Crippen molar-refractivity contribution in [1.29, 1.82) is 0 Å². The minimum atomic E-state index is -0.142. The Labute approximate surface area is 122 Å². The van der Waals surface area contributed by atoms with E-state index < -0.39 is 0 Å². The SMILES string of the molecule is CCC1(CC)CNC(C)CN1Cc1ccc(F)cc1C. The summed E-state index contributed by atoms with van der Waals surface area (Å²) in [6.45, 7) is 11.8. The van der Waals surface area contributed by atoms with Crippen molar-refractivity contribution in [2.45, 2.75) is 58.7 Å². The molecular weight excluding hydrogens is 251 g/mol. The highest BCUT2D eigenvalue weighted by molar-refractivity contribution is 5.27. The van der Waals surface area contributed by atoms with Crippen LogP contribution in [-0.4, -0.2) is 29.6 Å². The number of benzene rings is 1. The molecule has 1 aromatic carbocycles. The zero-order valence-corrected chi connectivity index (χ0v) is 13.2. The molecule has 1 N–H and O–H groups in total. The first-order valence-electron chi connectivity index (χ1n) is 7.74. The first kappa shape index (κ1) is 15.5. The van der Waals surface area contributed by atoms with Crippen LogP contribution in [0, 0.1) is 12.7 Å². The predicted molar refractivity (Wildman–Crippen MR) is 82.3 cm³/mol. The van der Waals surface area contributed by atoms with Gasteiger partial charge >= 0.3 is 0 Å². The Kier molecular flexibility index (Phi) is 4.82. The van der Waals surface area contributed by atoms with Crippen LogP contribution in [0.25, 0.3) is 0 Å². The standard InChI is InChI=1S/C17H27FN2/c1-5-17(6-2)12-19-14(4)10-20(17)11-15-7-8-16(18)9-13(15)3/h7-9,14,19H,5-6,10-12H2,1-4H3. The smallest absolute Gasteiger partial charge is 0.123 e. The van der Waals surface area contributed by atoms with Gasteiger partial charge in [-0.1, -0.05) is 19.9 Å². The average Bonchev–Trinajstić information content (AvgIpc) is 2.43. The third-order valence-corrected chi connectivity index (χ3v) is 4.93. The van der Waals surface area contributed by atoms with E-state index in [4.69, 9.17) is 0 Å². The molecule has 2 rings (SSSR count). The Morgan fingerprint density at radius 3 is 2.65 bits per heavy atom. The van der Waals surface area contributed by atoms with Gasteiger partial charge in [0.15, 0.2) is 0 Å². The molecule has 1 fully saturated rings. The molecule has 0 amide bonds. The number of hydrogen-bond acceptors (Lipinski definition) is 2. The maximum absolute atomic E-state index is 13.2. The summed E-state index contributed by atoms with van der Waals surface area (Å²) < 4.78 is 13.2. The van der Waals surface area contributed by atoms with Crippen LogP contribution in [0.15, 0.2) is 18.2 Å². The van der Waals surface area contributed by atoms with E-state index in [2.05, 4.69) is 31.0 Å². The van der Waals surface area contributed by atoms with Gasteiger partial charge in [-0.3, -0.25) is 4.90 Å². The highest BCUT2D eigenvalue weighted by atomic mass is 19.1. The number of piperazine rings is 1. The topological polar surface area (TPSA) is 15.3 Å². The van der Waals surface area contributed by atoms with Gasteiger partial charge in [0.2, 0.25) is 0 Å². The van der Waals surface area contributed by atoms with Crippen LogP contribution in [0.4, 0.5) is 4.39 Å². The predicted octanol–water partition coefficient (Wildman–Crippen LogP) is 3.49. The highest BCUT2D eigenvalue weighted by Gasteiger charge is 2.37. The number of hydrogen-bond donors (Lipinski definition) is 1. The van der Waals surface area contributed by atoms with Crippen molar-refractivity contribution in [2.24, 2.45) is 0 Å². The molecule has 1 aliphatic rings. The second-order valence-electron chi connectivity index (χ2n) is 6.16. The molecule has 0 radical (unpaired) electrons. The fourth-order valence-electron chi connectivity index (χ4n) is 3.29. The zero-order valence-electron chi connectivity index (χ0n) is 13.2. The maximum atomic E-state index is 13.2. The van der Waals surface area contributed by atoms with Gasteiger partial charge in [-0.15, -0.1) is 0 Å². The summed E-state index contributed by atoms with van der Waals surface area (Å²) in [5, 5.41) is 3.61. The molecule has 3 heteroatoms. The maximum Gasteiger partial charge on any atom is 0.123 e. The van der Waals surface area contributed by atoms with Gasteiger partial charge in [0.25, 0.3) is 0 Å². The number of nitrogens with one attached hydrogen (secondary N) is 1. The van der Waals surface area contributed by atoms with Crippen LogP contribution < -0.4 is 5.32 Å². The number of nitrogens with zero attached hydrogens (tertiary/aromatic N) is 1. The van der Waals surface area contributed by atoms with Crippen molar-refractivity contribution < 1.29 is 4.39 Å². The van der Waals surface area contributed by atoms with Crippen LogP contribution in [0.2, 0.25) is 0 Å². The van der Waals surface area contributed by atoms with Gasteiger partial charge in [0, 0.05) is 31.2 Å². The van der Waals surface area contributed by atoms with Gasteiger partial charge in [-0.2, -0.15) is 0 Å². The van der Waals surface area contributed by atoms with E-state index >= 15 is 0 Å². The second kappa shape index (κ2) is 6.23. The number of halogens is 1. The molecule has 1 aliphatic heterocycles. The van der Waals surface area contributed by atoms with Crippen molar-refractivity contribution in [3.8, 4) is 0 Å². The quantitative estimate of drug-likeness (QED) is 0.907. The summed E-state index contributed by atoms with van der Waals surface area (Å²) >= 11 is 0. The van der Waals surface area contributed by atoms with Crippen molar-refractivity contribution in [3.63, 3.8) is 0 Å². The molecule has 1 saturated heterocycles. The summed E-state index contributed by atoms with van der Waals surface area (Å²) in [5.41, 5.74) is 2.52. The molecule has 2 nitrogen and oxygen atoms in total. The summed E-state index contributed by atoms with van der Waals surface area (Å²) in [7, 11) is 0. The Balaban J connectivity index is 2.23. The lowest BCUT2D eigenvalue weighted by Crippen LogP contribution is -2.63. The average molecular weight is 278 g/mol. The summed E-state index contributed by atoms with van der Waals surface area (Å²) in [6, 6.07) is 5.67. The molecule has 112 valence electrons. The zero-order chi connectivity index (χ0) is 14.8. The molecule has 1 unspecified atom stereocenters. The highest BCUT2D eigenvalue weighted by Crippen LogP contribution is 2.29. The number of rotatable bonds is 4. The molecule has 0 saturated carbocycles. The van der Waals surface area contributed by atoms with E-state index in [1.54, 1.807) is 12.1 Å². The van der Waals surface area contributed by atoms with E-state index in [1.807, 2.05) is 13.0 Å². The molecular formula is C17H27FN2. The Bertz CT molecular complexity index is 454. The van der Waals surface area contributed by atoms with Crippen LogP contribution in [0.1, 0.15) is 44.7 Å². The first-order chi connectivity index (χ1) is 9.50. The minimum Gasteiger partial charge on any atom is -0.311 e. The third-order valence-electron chi connectivity index (χ3n) is 4.93. The molecule has 1 atom stereocenters. The van der Waals surface area contributed by atoms with Gasteiger partial charge in [0.05, 0.1) is 0 Å². The Morgan fingerprint density at radius 2 is 2.05 bits per heavy atom. The van der Waals surface area contributed by atoms with Crippen LogP contribution in [0.3, 0.4) is 0 Å². The summed E-state index contributed by atoms with van der Waals surface area (Å²) in [5.74, 6) is -0.142. The van der Waals surface area contributed by atoms with Crippen LogP contribution in [-0.2, 0) is 6.54 Å². The fraction of sp³-hybridized carbons (Fsp3) is 0.647. The Morgan fingerprint density at radius 1 is 1.35 bits per heavy atom. The lowest BCUT2D eigenvalue weighted by atomic mass is 9.86. The minimum absolute atomic E-state index is 0.142. The molecule has 0 spiro atoms. The van der Waals surface area contributed by atoms with E-state index in [-0.39, 0.29) is 11.4 Å². The van der Waals surface area contributed by atoms with Crippen molar-refractivity contribution in [2.75, 3.05) is 13.1 Å². The van der Waals surface area contributed by atoms with E-state index in [0.717, 1.165) is 38.0 Å². The van der Waals surface area contributed by atoms with Gasteiger partial charge in [-0.05, 0) is 49.9 Å². The van der Waals surface area contributed by atoms with Gasteiger partial charge in [-0.25, -0.2) is 4.39 Å². The summed E-state index contributed by atoms with van der Waals surface area (Å²) in [4.78, 5) is 2.59.